The van der Waals surface area contributed by atoms with E-state index in [2.05, 4.69) is 11.8 Å². The predicted octanol–water partition coefficient (Wildman–Crippen LogP) is 2.69. The smallest absolute Gasteiger partial charge is 0.189 e. The van der Waals surface area contributed by atoms with Gasteiger partial charge in [-0.05, 0) is 17.7 Å². The van der Waals surface area contributed by atoms with Crippen molar-refractivity contribution in [2.45, 2.75) is 6.61 Å². The van der Waals surface area contributed by atoms with Gasteiger partial charge in [-0.15, -0.1) is 0 Å². The Labute approximate surface area is 123 Å². The lowest BCUT2D eigenvalue weighted by Gasteiger charge is -2.08. The number of halogens is 1. The van der Waals surface area contributed by atoms with Crippen molar-refractivity contribution < 1.29 is 13.9 Å². The van der Waals surface area contributed by atoms with E-state index in [0.29, 0.717) is 17.9 Å². The van der Waals surface area contributed by atoms with E-state index < -0.39 is 5.82 Å². The zero-order valence-electron chi connectivity index (χ0n) is 11.5. The summed E-state index contributed by atoms with van der Waals surface area (Å²) in [7, 11) is 0. The lowest BCUT2D eigenvalue weighted by Crippen LogP contribution is -2.03. The van der Waals surface area contributed by atoms with E-state index in [0.717, 1.165) is 5.56 Å². The quantitative estimate of drug-likeness (QED) is 0.522. The van der Waals surface area contributed by atoms with E-state index in [1.807, 2.05) is 30.3 Å². The minimum absolute atomic E-state index is 0.0577. The van der Waals surface area contributed by atoms with Crippen molar-refractivity contribution in [3.8, 4) is 17.6 Å². The molecule has 0 radical (unpaired) electrons. The second-order valence-corrected chi connectivity index (χ2v) is 4.24. The maximum Gasteiger partial charge on any atom is 0.189 e. The van der Waals surface area contributed by atoms with Crippen LogP contribution in [-0.4, -0.2) is 13.3 Å². The summed E-state index contributed by atoms with van der Waals surface area (Å²) in [5, 5.41) is 0. The van der Waals surface area contributed by atoms with Crippen LogP contribution in [0.15, 0.2) is 48.5 Å². The first-order valence-corrected chi connectivity index (χ1v) is 6.52. The molecule has 0 aliphatic heterocycles. The Morgan fingerprint density at radius 1 is 1.10 bits per heavy atom. The molecule has 0 unspecified atom stereocenters. The van der Waals surface area contributed by atoms with Crippen molar-refractivity contribution in [3.63, 3.8) is 0 Å². The molecule has 2 aromatic carbocycles. The largest absolute Gasteiger partial charge is 0.467 e. The van der Waals surface area contributed by atoms with Crippen molar-refractivity contribution in [2.75, 3.05) is 13.3 Å². The minimum Gasteiger partial charge on any atom is -0.467 e. The second-order valence-electron chi connectivity index (χ2n) is 4.24. The van der Waals surface area contributed by atoms with Crippen molar-refractivity contribution in [2.24, 2.45) is 5.73 Å². The molecule has 0 aliphatic rings. The summed E-state index contributed by atoms with van der Waals surface area (Å²) >= 11 is 0. The van der Waals surface area contributed by atoms with Gasteiger partial charge in [0.05, 0.1) is 18.7 Å². The minimum atomic E-state index is -0.434. The fourth-order valence-corrected chi connectivity index (χ4v) is 1.68. The molecule has 108 valence electrons. The Kier molecular flexibility index (Phi) is 5.77. The van der Waals surface area contributed by atoms with Gasteiger partial charge in [-0.2, -0.15) is 0 Å². The van der Waals surface area contributed by atoms with E-state index in [-0.39, 0.29) is 13.3 Å². The zero-order chi connectivity index (χ0) is 14.9. The van der Waals surface area contributed by atoms with Crippen LogP contribution in [0.25, 0.3) is 0 Å². The van der Waals surface area contributed by atoms with Crippen LogP contribution < -0.4 is 10.5 Å². The van der Waals surface area contributed by atoms with Crippen LogP contribution in [0, 0.1) is 17.7 Å². The van der Waals surface area contributed by atoms with Crippen LogP contribution in [0.4, 0.5) is 4.39 Å². The van der Waals surface area contributed by atoms with E-state index in [9.17, 15) is 4.39 Å². The van der Waals surface area contributed by atoms with Crippen LogP contribution in [0.1, 0.15) is 11.1 Å². The Morgan fingerprint density at radius 2 is 1.90 bits per heavy atom. The first-order valence-electron chi connectivity index (χ1n) is 6.52. The lowest BCUT2D eigenvalue weighted by atomic mass is 10.2. The number of hydrogen-bond donors (Lipinski definition) is 1. The van der Waals surface area contributed by atoms with Crippen LogP contribution in [0.2, 0.25) is 0 Å². The lowest BCUT2D eigenvalue weighted by molar-refractivity contribution is 0.00490. The number of nitrogens with two attached hydrogens (primary N) is 1. The van der Waals surface area contributed by atoms with E-state index in [1.165, 1.54) is 6.07 Å². The van der Waals surface area contributed by atoms with Crippen molar-refractivity contribution in [3.05, 3.63) is 65.5 Å². The van der Waals surface area contributed by atoms with E-state index in [4.69, 9.17) is 15.2 Å². The summed E-state index contributed by atoms with van der Waals surface area (Å²) < 4.78 is 24.4. The summed E-state index contributed by atoms with van der Waals surface area (Å²) in [5.74, 6) is 5.23. The van der Waals surface area contributed by atoms with Gasteiger partial charge in [0.1, 0.15) is 11.6 Å². The van der Waals surface area contributed by atoms with Crippen molar-refractivity contribution >= 4 is 0 Å². The maximum absolute atomic E-state index is 13.7. The molecule has 2 aromatic rings. The van der Waals surface area contributed by atoms with Gasteiger partial charge in [0, 0.05) is 6.07 Å². The van der Waals surface area contributed by atoms with Gasteiger partial charge in [0.2, 0.25) is 0 Å². The molecule has 21 heavy (non-hydrogen) atoms. The highest BCUT2D eigenvalue weighted by atomic mass is 19.1. The summed E-state index contributed by atoms with van der Waals surface area (Å²) in [6.07, 6.45) is 0. The SMILES string of the molecule is NCC#Cc1ccc(OCOCc2ccccc2)cc1F. The molecule has 3 nitrogen and oxygen atoms in total. The molecule has 0 bridgehead atoms. The monoisotopic (exact) mass is 285 g/mol. The molecule has 0 fully saturated rings. The molecule has 0 atom stereocenters. The second kappa shape index (κ2) is 8.05. The molecule has 0 saturated carbocycles. The Bertz CT molecular complexity index is 632. The molecule has 0 spiro atoms. The van der Waals surface area contributed by atoms with Gasteiger partial charge < -0.3 is 15.2 Å². The Hall–Kier alpha value is -2.35. The molecule has 0 amide bonds. The molecule has 4 heteroatoms. The third-order valence-electron chi connectivity index (χ3n) is 2.69. The van der Waals surface area contributed by atoms with Gasteiger partial charge in [0.15, 0.2) is 6.79 Å². The normalized spacial score (nSPS) is 9.81. The van der Waals surface area contributed by atoms with Crippen LogP contribution in [0.3, 0.4) is 0 Å². The molecule has 2 N–H and O–H groups in total. The summed E-state index contributed by atoms with van der Waals surface area (Å²) in [6.45, 7) is 0.705. The summed E-state index contributed by atoms with van der Waals surface area (Å²) in [6, 6.07) is 14.2. The van der Waals surface area contributed by atoms with Gasteiger partial charge in [-0.1, -0.05) is 42.2 Å². The standard InChI is InChI=1S/C17H16FNO2/c18-17-11-16(9-8-15(17)7-4-10-19)21-13-20-12-14-5-2-1-3-6-14/h1-3,5-6,8-9,11H,10,12-13,19H2. The molecule has 0 aliphatic carbocycles. The average Bonchev–Trinajstić information content (AvgIpc) is 2.52. The Balaban J connectivity index is 1.82. The average molecular weight is 285 g/mol. The third kappa shape index (κ3) is 4.92. The molecule has 0 saturated heterocycles. The molecule has 0 heterocycles. The highest BCUT2D eigenvalue weighted by Crippen LogP contribution is 2.16. The fraction of sp³-hybridized carbons (Fsp3) is 0.176. The van der Waals surface area contributed by atoms with Crippen LogP contribution >= 0.6 is 0 Å². The van der Waals surface area contributed by atoms with Gasteiger partial charge >= 0.3 is 0 Å². The van der Waals surface area contributed by atoms with Gasteiger partial charge in [-0.3, -0.25) is 0 Å². The number of hydrogen-bond acceptors (Lipinski definition) is 3. The Morgan fingerprint density at radius 3 is 2.62 bits per heavy atom. The highest BCUT2D eigenvalue weighted by Gasteiger charge is 2.02. The molecule has 2 rings (SSSR count). The van der Waals surface area contributed by atoms with Gasteiger partial charge in [-0.25, -0.2) is 4.39 Å². The first kappa shape index (κ1) is 15.0. The number of benzene rings is 2. The molecular formula is C17H16FNO2. The van der Waals surface area contributed by atoms with Crippen molar-refractivity contribution in [1.82, 2.24) is 0 Å². The van der Waals surface area contributed by atoms with Gasteiger partial charge in [0.25, 0.3) is 0 Å². The van der Waals surface area contributed by atoms with Crippen molar-refractivity contribution in [1.29, 1.82) is 0 Å². The molecular weight excluding hydrogens is 269 g/mol. The van der Waals surface area contributed by atoms with E-state index in [1.54, 1.807) is 12.1 Å². The topological polar surface area (TPSA) is 44.5 Å². The summed E-state index contributed by atoms with van der Waals surface area (Å²) in [4.78, 5) is 0. The van der Waals surface area contributed by atoms with Crippen LogP contribution in [0.5, 0.6) is 5.75 Å². The van der Waals surface area contributed by atoms with Crippen LogP contribution in [-0.2, 0) is 11.3 Å². The first-order chi connectivity index (χ1) is 10.3. The maximum atomic E-state index is 13.7. The zero-order valence-corrected chi connectivity index (χ0v) is 11.5. The number of rotatable bonds is 5. The highest BCUT2D eigenvalue weighted by molar-refractivity contribution is 5.39. The number of ether oxygens (including phenoxy) is 2. The summed E-state index contributed by atoms with van der Waals surface area (Å²) in [5.41, 5.74) is 6.61. The fourth-order valence-electron chi connectivity index (χ4n) is 1.68. The third-order valence-corrected chi connectivity index (χ3v) is 2.69. The van der Waals surface area contributed by atoms with E-state index >= 15 is 0 Å². The predicted molar refractivity (Wildman–Crippen MR) is 79.1 cm³/mol. The molecule has 0 aromatic heterocycles.